The standard InChI is InChI=1S/C37H23N3/c1-2-11-24(12-3-1)25-13-10-14-26(21-25)39-33-19-8-6-16-28(33)31-23-36-30(22-35(31)39)27-15-4-5-17-29(27)37-38-32-18-7-9-20-34(32)40(36)37/h1-23H. The molecule has 0 spiro atoms. The van der Waals surface area contributed by atoms with E-state index in [1.54, 1.807) is 0 Å². The Morgan fingerprint density at radius 1 is 0.400 bits per heavy atom. The number of fused-ring (bicyclic) bond motifs is 11. The molecule has 0 aliphatic carbocycles. The lowest BCUT2D eigenvalue weighted by atomic mass is 10.0. The summed E-state index contributed by atoms with van der Waals surface area (Å²) in [5, 5.41) is 6.09. The van der Waals surface area contributed by atoms with Crippen LogP contribution < -0.4 is 0 Å². The first-order valence-electron chi connectivity index (χ1n) is 13.7. The van der Waals surface area contributed by atoms with Crippen molar-refractivity contribution in [2.45, 2.75) is 0 Å². The molecule has 9 rings (SSSR count). The molecule has 0 bridgehead atoms. The van der Waals surface area contributed by atoms with Crippen LogP contribution in [0.4, 0.5) is 0 Å². The van der Waals surface area contributed by atoms with Crippen LogP contribution in [-0.4, -0.2) is 14.0 Å². The Morgan fingerprint density at radius 3 is 1.93 bits per heavy atom. The zero-order valence-electron chi connectivity index (χ0n) is 21.6. The van der Waals surface area contributed by atoms with Crippen LogP contribution >= 0.6 is 0 Å². The molecule has 0 N–H and O–H groups in total. The molecule has 6 aromatic carbocycles. The molecular weight excluding hydrogens is 486 g/mol. The van der Waals surface area contributed by atoms with Crippen molar-refractivity contribution in [1.82, 2.24) is 14.0 Å². The van der Waals surface area contributed by atoms with Gasteiger partial charge < -0.3 is 4.57 Å². The second-order valence-electron chi connectivity index (χ2n) is 10.5. The number of imidazole rings is 1. The van der Waals surface area contributed by atoms with Gasteiger partial charge in [-0.2, -0.15) is 0 Å². The summed E-state index contributed by atoms with van der Waals surface area (Å²) in [5.74, 6) is 0. The summed E-state index contributed by atoms with van der Waals surface area (Å²) in [6.07, 6.45) is 0. The van der Waals surface area contributed by atoms with Crippen LogP contribution in [0.25, 0.3) is 77.0 Å². The van der Waals surface area contributed by atoms with Crippen molar-refractivity contribution in [1.29, 1.82) is 0 Å². The minimum Gasteiger partial charge on any atom is -0.309 e. The monoisotopic (exact) mass is 509 g/mol. The van der Waals surface area contributed by atoms with E-state index >= 15 is 0 Å². The fourth-order valence-electron chi connectivity index (χ4n) is 6.50. The zero-order chi connectivity index (χ0) is 26.2. The number of nitrogens with zero attached hydrogens (tertiary/aromatic N) is 3. The van der Waals surface area contributed by atoms with Crippen LogP contribution in [0.2, 0.25) is 0 Å². The summed E-state index contributed by atoms with van der Waals surface area (Å²) in [4.78, 5) is 5.08. The van der Waals surface area contributed by atoms with Crippen LogP contribution in [0, 0.1) is 0 Å². The molecule has 3 heterocycles. The van der Waals surface area contributed by atoms with E-state index in [2.05, 4.69) is 148 Å². The Labute approximate surface area is 230 Å². The SMILES string of the molecule is c1ccc(-c2cccc(-n3c4ccccc4c4cc5c(cc43)c3ccccc3c3nc4ccccc4n53)c2)cc1. The topological polar surface area (TPSA) is 22.2 Å². The van der Waals surface area contributed by atoms with Crippen molar-refractivity contribution in [2.24, 2.45) is 0 Å². The molecule has 3 heteroatoms. The van der Waals surface area contributed by atoms with Gasteiger partial charge in [-0.25, -0.2) is 4.98 Å². The van der Waals surface area contributed by atoms with Gasteiger partial charge in [0.1, 0.15) is 5.65 Å². The van der Waals surface area contributed by atoms with Gasteiger partial charge in [0, 0.05) is 27.2 Å². The third kappa shape index (κ3) is 2.92. The molecule has 0 fully saturated rings. The summed E-state index contributed by atoms with van der Waals surface area (Å²) in [7, 11) is 0. The summed E-state index contributed by atoms with van der Waals surface area (Å²) < 4.78 is 4.76. The first kappa shape index (κ1) is 21.5. The predicted octanol–water partition coefficient (Wildman–Crippen LogP) is 9.56. The fraction of sp³-hybridized carbons (Fsp3) is 0. The molecule has 3 nitrogen and oxygen atoms in total. The predicted molar refractivity (Wildman–Crippen MR) is 167 cm³/mol. The van der Waals surface area contributed by atoms with Gasteiger partial charge in [-0.3, -0.25) is 4.40 Å². The molecule has 3 aromatic heterocycles. The molecule has 40 heavy (non-hydrogen) atoms. The molecule has 0 saturated heterocycles. The van der Waals surface area contributed by atoms with Gasteiger partial charge >= 0.3 is 0 Å². The van der Waals surface area contributed by atoms with E-state index in [0.29, 0.717) is 0 Å². The first-order valence-corrected chi connectivity index (χ1v) is 13.7. The number of benzene rings is 6. The maximum absolute atomic E-state index is 5.08. The lowest BCUT2D eigenvalue weighted by Crippen LogP contribution is -1.96. The van der Waals surface area contributed by atoms with Crippen molar-refractivity contribution < 1.29 is 0 Å². The molecule has 0 unspecified atom stereocenters. The Morgan fingerprint density at radius 2 is 1.05 bits per heavy atom. The highest BCUT2D eigenvalue weighted by molar-refractivity contribution is 6.20. The average molecular weight is 510 g/mol. The number of pyridine rings is 1. The van der Waals surface area contributed by atoms with Crippen LogP contribution in [-0.2, 0) is 0 Å². The maximum Gasteiger partial charge on any atom is 0.146 e. The molecule has 0 aliphatic rings. The van der Waals surface area contributed by atoms with E-state index in [9.17, 15) is 0 Å². The van der Waals surface area contributed by atoms with Crippen LogP contribution in [0.5, 0.6) is 0 Å². The Balaban J connectivity index is 1.46. The average Bonchev–Trinajstić information content (AvgIpc) is 3.57. The maximum atomic E-state index is 5.08. The highest BCUT2D eigenvalue weighted by atomic mass is 15.0. The van der Waals surface area contributed by atoms with Crippen molar-refractivity contribution in [3.63, 3.8) is 0 Å². The Hall–Kier alpha value is -5.41. The number of aromatic nitrogens is 3. The number of para-hydroxylation sites is 3. The summed E-state index contributed by atoms with van der Waals surface area (Å²) >= 11 is 0. The van der Waals surface area contributed by atoms with E-state index in [0.717, 1.165) is 22.4 Å². The van der Waals surface area contributed by atoms with E-state index in [-0.39, 0.29) is 0 Å². The molecule has 0 amide bonds. The molecule has 0 saturated carbocycles. The molecule has 186 valence electrons. The number of rotatable bonds is 2. The molecule has 0 aliphatic heterocycles. The van der Waals surface area contributed by atoms with Gasteiger partial charge in [-0.1, -0.05) is 97.1 Å². The third-order valence-corrected chi connectivity index (χ3v) is 8.26. The summed E-state index contributed by atoms with van der Waals surface area (Å²) in [5.41, 5.74) is 10.3. The van der Waals surface area contributed by atoms with E-state index in [1.165, 1.54) is 54.6 Å². The quantitative estimate of drug-likeness (QED) is 0.213. The lowest BCUT2D eigenvalue weighted by molar-refractivity contribution is 1.18. The van der Waals surface area contributed by atoms with Crippen molar-refractivity contribution >= 4 is 60.2 Å². The Bertz CT molecular complexity index is 2430. The summed E-state index contributed by atoms with van der Waals surface area (Å²) in [6, 6.07) is 50.1. The molecule has 0 atom stereocenters. The third-order valence-electron chi connectivity index (χ3n) is 8.26. The van der Waals surface area contributed by atoms with E-state index in [1.807, 2.05) is 0 Å². The summed E-state index contributed by atoms with van der Waals surface area (Å²) in [6.45, 7) is 0. The van der Waals surface area contributed by atoms with E-state index < -0.39 is 0 Å². The highest BCUT2D eigenvalue weighted by Crippen LogP contribution is 2.39. The molecular formula is C37H23N3. The van der Waals surface area contributed by atoms with Crippen LogP contribution in [0.3, 0.4) is 0 Å². The second kappa shape index (κ2) is 8.05. The van der Waals surface area contributed by atoms with Crippen molar-refractivity contribution in [3.05, 3.63) is 140 Å². The molecule has 9 aromatic rings. The van der Waals surface area contributed by atoms with Gasteiger partial charge in [-0.05, 0) is 59.0 Å². The highest BCUT2D eigenvalue weighted by Gasteiger charge is 2.18. The lowest BCUT2D eigenvalue weighted by Gasteiger charge is -2.12. The minimum absolute atomic E-state index is 1.00. The van der Waals surface area contributed by atoms with Crippen molar-refractivity contribution in [3.8, 4) is 16.8 Å². The smallest absolute Gasteiger partial charge is 0.146 e. The largest absolute Gasteiger partial charge is 0.309 e. The van der Waals surface area contributed by atoms with Gasteiger partial charge in [0.15, 0.2) is 0 Å². The van der Waals surface area contributed by atoms with E-state index in [4.69, 9.17) is 4.98 Å². The van der Waals surface area contributed by atoms with Crippen LogP contribution in [0.1, 0.15) is 0 Å². The zero-order valence-corrected chi connectivity index (χ0v) is 21.6. The Kier molecular flexibility index (Phi) is 4.33. The van der Waals surface area contributed by atoms with Gasteiger partial charge in [-0.15, -0.1) is 0 Å². The van der Waals surface area contributed by atoms with Crippen molar-refractivity contribution in [2.75, 3.05) is 0 Å². The van der Waals surface area contributed by atoms with Gasteiger partial charge in [0.2, 0.25) is 0 Å². The number of hydrogen-bond acceptors (Lipinski definition) is 1. The van der Waals surface area contributed by atoms with Gasteiger partial charge in [0.05, 0.1) is 27.6 Å². The number of hydrogen-bond donors (Lipinski definition) is 0. The second-order valence-corrected chi connectivity index (χ2v) is 10.5. The molecule has 0 radical (unpaired) electrons. The normalized spacial score (nSPS) is 12.0. The first-order chi connectivity index (χ1) is 19.8. The van der Waals surface area contributed by atoms with Crippen LogP contribution in [0.15, 0.2) is 140 Å². The fourth-order valence-corrected chi connectivity index (χ4v) is 6.50. The van der Waals surface area contributed by atoms with Gasteiger partial charge in [0.25, 0.3) is 0 Å². The minimum atomic E-state index is 1.00.